The van der Waals surface area contributed by atoms with Gasteiger partial charge in [-0.05, 0) is 33.8 Å². The Morgan fingerprint density at radius 3 is 2.57 bits per heavy atom. The van der Waals surface area contributed by atoms with Crippen LogP contribution in [-0.4, -0.2) is 9.78 Å². The van der Waals surface area contributed by atoms with Crippen molar-refractivity contribution in [1.82, 2.24) is 9.78 Å². The highest BCUT2D eigenvalue weighted by Crippen LogP contribution is 2.33. The molecule has 0 amide bonds. The van der Waals surface area contributed by atoms with Crippen molar-refractivity contribution in [3.63, 3.8) is 0 Å². The molecular weight excluding hydrogens is 262 g/mol. The Hall–Kier alpha value is -2.07. The molecule has 4 heteroatoms. The SMILES string of the molecule is CCn1nc(C)c(C(N)c2oc3ccccc3c2C)c1C. The van der Waals surface area contributed by atoms with Crippen molar-refractivity contribution < 1.29 is 4.42 Å². The summed E-state index contributed by atoms with van der Waals surface area (Å²) in [6.07, 6.45) is 0. The fourth-order valence-corrected chi connectivity index (χ4v) is 3.09. The lowest BCUT2D eigenvalue weighted by atomic mass is 10.00. The normalized spacial score (nSPS) is 13.0. The van der Waals surface area contributed by atoms with E-state index in [2.05, 4.69) is 31.9 Å². The molecule has 1 aromatic carbocycles. The molecule has 3 rings (SSSR count). The van der Waals surface area contributed by atoms with Crippen LogP contribution in [0.1, 0.15) is 41.2 Å². The predicted octanol–water partition coefficient (Wildman–Crippen LogP) is 3.62. The van der Waals surface area contributed by atoms with Crippen LogP contribution in [0.5, 0.6) is 0 Å². The van der Waals surface area contributed by atoms with Gasteiger partial charge in [0.2, 0.25) is 0 Å². The number of nitrogens with two attached hydrogens (primary N) is 1. The lowest BCUT2D eigenvalue weighted by Gasteiger charge is -2.11. The van der Waals surface area contributed by atoms with Crippen molar-refractivity contribution >= 4 is 11.0 Å². The van der Waals surface area contributed by atoms with Gasteiger partial charge in [0.05, 0.1) is 11.7 Å². The van der Waals surface area contributed by atoms with E-state index in [0.29, 0.717) is 0 Å². The highest BCUT2D eigenvalue weighted by atomic mass is 16.3. The van der Waals surface area contributed by atoms with E-state index in [-0.39, 0.29) is 6.04 Å². The average molecular weight is 283 g/mol. The van der Waals surface area contributed by atoms with Crippen LogP contribution in [0, 0.1) is 20.8 Å². The quantitative estimate of drug-likeness (QED) is 0.798. The van der Waals surface area contributed by atoms with Crippen LogP contribution in [0.15, 0.2) is 28.7 Å². The zero-order chi connectivity index (χ0) is 15.1. The minimum absolute atomic E-state index is 0.280. The molecule has 1 atom stereocenters. The number of aryl methyl sites for hydroxylation is 3. The molecule has 0 aliphatic carbocycles. The summed E-state index contributed by atoms with van der Waals surface area (Å²) in [5.41, 5.74) is 11.7. The van der Waals surface area contributed by atoms with Crippen molar-refractivity contribution in [2.45, 2.75) is 40.3 Å². The Morgan fingerprint density at radius 1 is 1.24 bits per heavy atom. The maximum atomic E-state index is 6.50. The number of hydrogen-bond acceptors (Lipinski definition) is 3. The number of nitrogens with zero attached hydrogens (tertiary/aromatic N) is 2. The molecule has 3 aromatic rings. The van der Waals surface area contributed by atoms with Gasteiger partial charge in [-0.3, -0.25) is 4.68 Å². The van der Waals surface area contributed by atoms with Crippen LogP contribution in [0.2, 0.25) is 0 Å². The number of fused-ring (bicyclic) bond motifs is 1. The summed E-state index contributed by atoms with van der Waals surface area (Å²) in [5.74, 6) is 0.832. The second-order valence-electron chi connectivity index (χ2n) is 5.47. The number of furan rings is 1. The molecule has 0 saturated heterocycles. The van der Waals surface area contributed by atoms with E-state index in [0.717, 1.165) is 45.8 Å². The molecule has 0 radical (unpaired) electrons. The monoisotopic (exact) mass is 283 g/mol. The van der Waals surface area contributed by atoms with Crippen LogP contribution < -0.4 is 5.73 Å². The topological polar surface area (TPSA) is 57.0 Å². The fourth-order valence-electron chi connectivity index (χ4n) is 3.09. The number of aromatic nitrogens is 2. The molecule has 0 fully saturated rings. The van der Waals surface area contributed by atoms with Gasteiger partial charge in [-0.2, -0.15) is 5.10 Å². The average Bonchev–Trinajstić information content (AvgIpc) is 2.96. The lowest BCUT2D eigenvalue weighted by molar-refractivity contribution is 0.519. The first-order valence-electron chi connectivity index (χ1n) is 7.32. The van der Waals surface area contributed by atoms with E-state index in [9.17, 15) is 0 Å². The Labute approximate surface area is 124 Å². The zero-order valence-electron chi connectivity index (χ0n) is 13.0. The molecular formula is C17H21N3O. The summed E-state index contributed by atoms with van der Waals surface area (Å²) < 4.78 is 7.99. The van der Waals surface area contributed by atoms with Gasteiger partial charge in [0, 0.05) is 28.8 Å². The highest BCUT2D eigenvalue weighted by molar-refractivity contribution is 5.82. The molecule has 0 bridgehead atoms. The van der Waals surface area contributed by atoms with Gasteiger partial charge in [0.25, 0.3) is 0 Å². The molecule has 1 unspecified atom stereocenters. The van der Waals surface area contributed by atoms with Gasteiger partial charge < -0.3 is 10.2 Å². The number of hydrogen-bond donors (Lipinski definition) is 1. The third-order valence-electron chi connectivity index (χ3n) is 4.21. The van der Waals surface area contributed by atoms with Gasteiger partial charge in [-0.15, -0.1) is 0 Å². The molecule has 0 saturated carbocycles. The smallest absolute Gasteiger partial charge is 0.134 e. The van der Waals surface area contributed by atoms with E-state index in [1.165, 1.54) is 0 Å². The first-order chi connectivity index (χ1) is 10.0. The molecule has 110 valence electrons. The van der Waals surface area contributed by atoms with Gasteiger partial charge in [0.1, 0.15) is 11.3 Å². The largest absolute Gasteiger partial charge is 0.459 e. The summed E-state index contributed by atoms with van der Waals surface area (Å²) in [6, 6.07) is 7.77. The van der Waals surface area contributed by atoms with E-state index < -0.39 is 0 Å². The molecule has 0 spiro atoms. The molecule has 2 heterocycles. The third-order valence-corrected chi connectivity index (χ3v) is 4.21. The minimum atomic E-state index is -0.280. The summed E-state index contributed by atoms with van der Waals surface area (Å²) in [7, 11) is 0. The van der Waals surface area contributed by atoms with Crippen molar-refractivity contribution in [2.24, 2.45) is 5.73 Å². The Morgan fingerprint density at radius 2 is 1.95 bits per heavy atom. The first kappa shape index (κ1) is 13.9. The second-order valence-corrected chi connectivity index (χ2v) is 5.47. The van der Waals surface area contributed by atoms with E-state index in [1.807, 2.05) is 29.8 Å². The second kappa shape index (κ2) is 5.04. The van der Waals surface area contributed by atoms with Crippen LogP contribution in [-0.2, 0) is 6.54 Å². The highest BCUT2D eigenvalue weighted by Gasteiger charge is 2.24. The van der Waals surface area contributed by atoms with E-state index >= 15 is 0 Å². The van der Waals surface area contributed by atoms with Crippen molar-refractivity contribution in [3.8, 4) is 0 Å². The van der Waals surface area contributed by atoms with Gasteiger partial charge in [0.15, 0.2) is 0 Å². The summed E-state index contributed by atoms with van der Waals surface area (Å²) >= 11 is 0. The summed E-state index contributed by atoms with van der Waals surface area (Å²) in [4.78, 5) is 0. The zero-order valence-corrected chi connectivity index (χ0v) is 13.0. The van der Waals surface area contributed by atoms with Gasteiger partial charge >= 0.3 is 0 Å². The maximum Gasteiger partial charge on any atom is 0.134 e. The van der Waals surface area contributed by atoms with Crippen LogP contribution in [0.4, 0.5) is 0 Å². The molecule has 0 aliphatic rings. The van der Waals surface area contributed by atoms with Crippen molar-refractivity contribution in [3.05, 3.63) is 52.5 Å². The van der Waals surface area contributed by atoms with Crippen LogP contribution in [0.3, 0.4) is 0 Å². The predicted molar refractivity (Wildman–Crippen MR) is 84.4 cm³/mol. The van der Waals surface area contributed by atoms with Crippen molar-refractivity contribution in [1.29, 1.82) is 0 Å². The number of benzene rings is 1. The molecule has 0 aliphatic heterocycles. The van der Waals surface area contributed by atoms with Gasteiger partial charge in [-0.1, -0.05) is 18.2 Å². The third kappa shape index (κ3) is 2.07. The fraction of sp³-hybridized carbons (Fsp3) is 0.353. The molecule has 21 heavy (non-hydrogen) atoms. The lowest BCUT2D eigenvalue weighted by Crippen LogP contribution is -2.14. The van der Waals surface area contributed by atoms with E-state index in [4.69, 9.17) is 10.2 Å². The van der Waals surface area contributed by atoms with E-state index in [1.54, 1.807) is 0 Å². The molecule has 2 aromatic heterocycles. The maximum absolute atomic E-state index is 6.50. The summed E-state index contributed by atoms with van der Waals surface area (Å²) in [5, 5.41) is 5.68. The molecule has 2 N–H and O–H groups in total. The molecule has 4 nitrogen and oxygen atoms in total. The Balaban J connectivity index is 2.15. The van der Waals surface area contributed by atoms with Crippen LogP contribution in [0.25, 0.3) is 11.0 Å². The Bertz CT molecular complexity index is 798. The van der Waals surface area contributed by atoms with Crippen LogP contribution >= 0.6 is 0 Å². The van der Waals surface area contributed by atoms with Gasteiger partial charge in [-0.25, -0.2) is 0 Å². The number of para-hydroxylation sites is 1. The number of rotatable bonds is 3. The summed E-state index contributed by atoms with van der Waals surface area (Å²) in [6.45, 7) is 9.07. The minimum Gasteiger partial charge on any atom is -0.459 e. The standard InChI is InChI=1S/C17H21N3O/c1-5-20-12(4)15(11(3)19-20)16(18)17-10(2)13-8-6-7-9-14(13)21-17/h6-9,16H,5,18H2,1-4H3. The first-order valence-corrected chi connectivity index (χ1v) is 7.32. The Kier molecular flexibility index (Phi) is 3.33. The van der Waals surface area contributed by atoms with Crippen molar-refractivity contribution in [2.75, 3.05) is 0 Å².